The molecule has 0 spiro atoms. The van der Waals surface area contributed by atoms with Crippen molar-refractivity contribution in [3.8, 4) is 11.1 Å². The fourth-order valence-electron chi connectivity index (χ4n) is 0.852. The number of thiazole rings is 1. The number of nitrogen functional groups attached to an aromatic ring is 1. The molecule has 0 atom stereocenters. The number of aromatic amines is 1. The zero-order valence-corrected chi connectivity index (χ0v) is 7.76. The van der Waals surface area contributed by atoms with Crippen molar-refractivity contribution in [2.75, 3.05) is 5.73 Å². The molecule has 0 aliphatic carbocycles. The summed E-state index contributed by atoms with van der Waals surface area (Å²) in [4.78, 5) is 3.94. The number of rotatable bonds is 2. The summed E-state index contributed by atoms with van der Waals surface area (Å²) in [5.74, 6) is 0.506. The van der Waals surface area contributed by atoms with E-state index in [0.29, 0.717) is 16.1 Å². The molecular weight excluding hydrogens is 188 g/mol. The van der Waals surface area contributed by atoms with E-state index in [4.69, 9.17) is 10.5 Å². The van der Waals surface area contributed by atoms with Gasteiger partial charge in [0.25, 0.3) is 5.19 Å². The molecule has 0 unspecified atom stereocenters. The molecule has 0 radical (unpaired) electrons. The molecule has 68 valence electrons. The molecule has 6 heteroatoms. The number of ether oxygens (including phenoxy) is 1. The molecule has 2 aromatic rings. The lowest BCUT2D eigenvalue weighted by Gasteiger charge is -1.92. The fraction of sp³-hybridized carbons (Fsp3) is 0.143. The Kier molecular flexibility index (Phi) is 1.90. The molecule has 13 heavy (non-hydrogen) atoms. The molecule has 3 N–H and O–H groups in total. The summed E-state index contributed by atoms with van der Waals surface area (Å²) in [7, 11) is 0. The summed E-state index contributed by atoms with van der Waals surface area (Å²) in [6.07, 6.45) is 1.56. The van der Waals surface area contributed by atoms with E-state index in [1.54, 1.807) is 12.3 Å². The van der Waals surface area contributed by atoms with E-state index in [0.717, 1.165) is 5.69 Å². The smallest absolute Gasteiger partial charge is 0.282 e. The van der Waals surface area contributed by atoms with Crippen LogP contribution in [-0.2, 0) is 0 Å². The Labute approximate surface area is 78.6 Å². The van der Waals surface area contributed by atoms with Crippen molar-refractivity contribution in [2.45, 2.75) is 6.92 Å². The highest BCUT2D eigenvalue weighted by Crippen LogP contribution is 2.26. The van der Waals surface area contributed by atoms with Gasteiger partial charge in [-0.1, -0.05) is 11.3 Å². The van der Waals surface area contributed by atoms with Gasteiger partial charge in [-0.2, -0.15) is 0 Å². The molecular formula is C7H8N4OS. The maximum Gasteiger partial charge on any atom is 0.282 e. The third-order valence-electron chi connectivity index (χ3n) is 1.38. The van der Waals surface area contributed by atoms with Gasteiger partial charge in [-0.15, -0.1) is 5.10 Å². The van der Waals surface area contributed by atoms with Crippen molar-refractivity contribution in [3.05, 3.63) is 18.0 Å². The van der Waals surface area contributed by atoms with E-state index in [-0.39, 0.29) is 0 Å². The molecule has 0 amide bonds. The number of hydrogen-bond acceptors (Lipinski definition) is 5. The molecule has 5 nitrogen and oxygen atoms in total. The first-order valence-electron chi connectivity index (χ1n) is 3.65. The van der Waals surface area contributed by atoms with Crippen molar-refractivity contribution in [1.29, 1.82) is 0 Å². The van der Waals surface area contributed by atoms with Gasteiger partial charge in [0.15, 0.2) is 0 Å². The number of nitrogens with one attached hydrogen (secondary N) is 1. The van der Waals surface area contributed by atoms with Crippen molar-refractivity contribution < 1.29 is 4.74 Å². The number of aryl methyl sites for hydroxylation is 1. The lowest BCUT2D eigenvalue weighted by atomic mass is 10.5. The van der Waals surface area contributed by atoms with Crippen LogP contribution in [0, 0.1) is 6.92 Å². The second-order valence-electron chi connectivity index (χ2n) is 2.52. The number of nitrogens with two attached hydrogens (primary N) is 1. The fourth-order valence-corrected chi connectivity index (χ4v) is 1.39. The van der Waals surface area contributed by atoms with Crippen LogP contribution in [-0.4, -0.2) is 15.2 Å². The molecule has 0 saturated carbocycles. The first-order valence-corrected chi connectivity index (χ1v) is 4.47. The predicted molar refractivity (Wildman–Crippen MR) is 49.9 cm³/mol. The summed E-state index contributed by atoms with van der Waals surface area (Å²) in [5, 5.41) is 7.80. The van der Waals surface area contributed by atoms with Crippen LogP contribution in [0.3, 0.4) is 0 Å². The minimum Gasteiger partial charge on any atom is -0.410 e. The Balaban J connectivity index is 2.14. The minimum absolute atomic E-state index is 0.504. The molecule has 0 fully saturated rings. The Morgan fingerprint density at radius 2 is 2.46 bits per heavy atom. The molecule has 0 aliphatic heterocycles. The average Bonchev–Trinajstić information content (AvgIpc) is 2.62. The Morgan fingerprint density at radius 3 is 3.00 bits per heavy atom. The van der Waals surface area contributed by atoms with Gasteiger partial charge >= 0.3 is 0 Å². The highest BCUT2D eigenvalue weighted by atomic mass is 32.1. The lowest BCUT2D eigenvalue weighted by molar-refractivity contribution is 0.458. The van der Waals surface area contributed by atoms with Gasteiger partial charge < -0.3 is 10.5 Å². The second kappa shape index (κ2) is 3.06. The maximum absolute atomic E-state index is 5.49. The van der Waals surface area contributed by atoms with Crippen LogP contribution in [0.5, 0.6) is 11.1 Å². The summed E-state index contributed by atoms with van der Waals surface area (Å²) in [5.41, 5.74) is 6.43. The van der Waals surface area contributed by atoms with Gasteiger partial charge in [-0.05, 0) is 6.92 Å². The molecule has 2 rings (SSSR count). The van der Waals surface area contributed by atoms with Crippen LogP contribution >= 0.6 is 11.3 Å². The Bertz CT molecular complexity index is 370. The summed E-state index contributed by atoms with van der Waals surface area (Å²) in [6.45, 7) is 1.90. The third-order valence-corrected chi connectivity index (χ3v) is 2.08. The van der Waals surface area contributed by atoms with E-state index in [1.807, 2.05) is 6.92 Å². The molecule has 2 heterocycles. The molecule has 2 aromatic heterocycles. The van der Waals surface area contributed by atoms with E-state index in [2.05, 4.69) is 15.2 Å². The quantitative estimate of drug-likeness (QED) is 0.764. The van der Waals surface area contributed by atoms with Crippen molar-refractivity contribution in [2.24, 2.45) is 0 Å². The van der Waals surface area contributed by atoms with Gasteiger partial charge in [0.1, 0.15) is 5.00 Å². The largest absolute Gasteiger partial charge is 0.410 e. The average molecular weight is 196 g/mol. The highest BCUT2D eigenvalue weighted by molar-refractivity contribution is 7.17. The van der Waals surface area contributed by atoms with Crippen LogP contribution in [0.2, 0.25) is 0 Å². The standard InChI is InChI=1S/C7H8N4OS/c1-4-2-6(11-10-4)12-7-9-3-5(8)13-7/h2-3H,8H2,1H3,(H,10,11). The number of nitrogens with zero attached hydrogens (tertiary/aromatic N) is 2. The van der Waals surface area contributed by atoms with Crippen molar-refractivity contribution >= 4 is 16.3 Å². The van der Waals surface area contributed by atoms with Crippen LogP contribution in [0.1, 0.15) is 5.69 Å². The number of anilines is 1. The zero-order valence-electron chi connectivity index (χ0n) is 6.94. The van der Waals surface area contributed by atoms with Crippen LogP contribution < -0.4 is 10.5 Å². The molecule has 0 aliphatic rings. The predicted octanol–water partition coefficient (Wildman–Crippen LogP) is 1.55. The highest BCUT2D eigenvalue weighted by Gasteiger charge is 2.03. The van der Waals surface area contributed by atoms with Gasteiger partial charge in [0.05, 0.1) is 6.20 Å². The number of hydrogen-bond donors (Lipinski definition) is 2. The van der Waals surface area contributed by atoms with Crippen LogP contribution in [0.4, 0.5) is 5.00 Å². The Hall–Kier alpha value is -1.56. The molecule has 0 aromatic carbocycles. The molecule has 0 saturated heterocycles. The summed E-state index contributed by atoms with van der Waals surface area (Å²) in [6, 6.07) is 1.79. The van der Waals surface area contributed by atoms with Gasteiger partial charge in [0.2, 0.25) is 5.88 Å². The second-order valence-corrected chi connectivity index (χ2v) is 3.54. The molecule has 0 bridgehead atoms. The lowest BCUT2D eigenvalue weighted by Crippen LogP contribution is -1.81. The van der Waals surface area contributed by atoms with Crippen LogP contribution in [0.15, 0.2) is 12.3 Å². The number of aromatic nitrogens is 3. The van der Waals surface area contributed by atoms with Crippen molar-refractivity contribution in [1.82, 2.24) is 15.2 Å². The third kappa shape index (κ3) is 1.78. The maximum atomic E-state index is 5.49. The Morgan fingerprint density at radius 1 is 1.62 bits per heavy atom. The van der Waals surface area contributed by atoms with Gasteiger partial charge in [-0.3, -0.25) is 5.10 Å². The van der Waals surface area contributed by atoms with E-state index < -0.39 is 0 Å². The summed E-state index contributed by atoms with van der Waals surface area (Å²) >= 11 is 1.28. The van der Waals surface area contributed by atoms with E-state index in [9.17, 15) is 0 Å². The van der Waals surface area contributed by atoms with Gasteiger partial charge in [-0.25, -0.2) is 4.98 Å². The van der Waals surface area contributed by atoms with Gasteiger partial charge in [0, 0.05) is 11.8 Å². The topological polar surface area (TPSA) is 76.8 Å². The van der Waals surface area contributed by atoms with Crippen LogP contribution in [0.25, 0.3) is 0 Å². The first-order chi connectivity index (χ1) is 6.24. The normalized spacial score (nSPS) is 10.2. The number of H-pyrrole nitrogens is 1. The zero-order chi connectivity index (χ0) is 9.26. The van der Waals surface area contributed by atoms with E-state index >= 15 is 0 Å². The van der Waals surface area contributed by atoms with E-state index in [1.165, 1.54) is 11.3 Å². The first kappa shape index (κ1) is 8.06. The summed E-state index contributed by atoms with van der Waals surface area (Å²) < 4.78 is 5.31. The minimum atomic E-state index is 0.504. The monoisotopic (exact) mass is 196 g/mol. The van der Waals surface area contributed by atoms with Crippen molar-refractivity contribution in [3.63, 3.8) is 0 Å². The SMILES string of the molecule is Cc1cc(Oc2ncc(N)s2)n[nH]1.